The van der Waals surface area contributed by atoms with Crippen LogP contribution in [0.25, 0.3) is 0 Å². The van der Waals surface area contributed by atoms with Gasteiger partial charge >= 0.3 is 6.18 Å². The van der Waals surface area contributed by atoms with Crippen molar-refractivity contribution < 1.29 is 26.7 Å². The fourth-order valence-electron chi connectivity index (χ4n) is 1.44. The Morgan fingerprint density at radius 3 is 2.47 bits per heavy atom. The van der Waals surface area contributed by atoms with Gasteiger partial charge in [-0.2, -0.15) is 13.2 Å². The van der Waals surface area contributed by atoms with E-state index in [1.165, 1.54) is 19.1 Å². The standard InChI is InChI=1S/C11H14F3NO3S/c1-8-2-3-9(7-16)6-10(8)19(17,18)15-5-4-11(12,13)14/h2-3,6,15-16H,4-5,7H2,1H3. The minimum Gasteiger partial charge on any atom is -0.392 e. The molecule has 0 saturated carbocycles. The molecule has 0 radical (unpaired) electrons. The lowest BCUT2D eigenvalue weighted by atomic mass is 10.2. The second-order valence-corrected chi connectivity index (χ2v) is 5.76. The van der Waals surface area contributed by atoms with E-state index in [1.54, 1.807) is 6.07 Å². The van der Waals surface area contributed by atoms with Crippen molar-refractivity contribution in [2.24, 2.45) is 0 Å². The molecule has 0 aliphatic rings. The lowest BCUT2D eigenvalue weighted by Gasteiger charge is -2.11. The summed E-state index contributed by atoms with van der Waals surface area (Å²) in [5.41, 5.74) is 0.776. The SMILES string of the molecule is Cc1ccc(CO)cc1S(=O)(=O)NCCC(F)(F)F. The average Bonchev–Trinajstić information content (AvgIpc) is 2.27. The molecule has 0 aromatic heterocycles. The van der Waals surface area contributed by atoms with Gasteiger partial charge in [0.2, 0.25) is 10.0 Å². The number of hydrogen-bond donors (Lipinski definition) is 2. The summed E-state index contributed by atoms with van der Waals surface area (Å²) < 4.78 is 61.5. The maximum Gasteiger partial charge on any atom is 0.390 e. The Bertz CT molecular complexity index is 541. The van der Waals surface area contributed by atoms with E-state index >= 15 is 0 Å². The summed E-state index contributed by atoms with van der Waals surface area (Å²) in [6.45, 7) is 0.472. The quantitative estimate of drug-likeness (QED) is 0.869. The number of benzene rings is 1. The Kier molecular flexibility index (Phi) is 4.94. The number of halogens is 3. The molecule has 0 saturated heterocycles. The van der Waals surface area contributed by atoms with E-state index in [0.29, 0.717) is 11.1 Å². The third kappa shape index (κ3) is 4.81. The Morgan fingerprint density at radius 2 is 1.95 bits per heavy atom. The van der Waals surface area contributed by atoms with Crippen LogP contribution in [0.5, 0.6) is 0 Å². The zero-order valence-corrected chi connectivity index (χ0v) is 11.0. The smallest absolute Gasteiger partial charge is 0.390 e. The first-order valence-corrected chi connectivity index (χ1v) is 6.91. The van der Waals surface area contributed by atoms with Crippen LogP contribution in [0.3, 0.4) is 0 Å². The van der Waals surface area contributed by atoms with E-state index in [1.807, 2.05) is 4.72 Å². The van der Waals surface area contributed by atoms with Gasteiger partial charge in [-0.15, -0.1) is 0 Å². The summed E-state index contributed by atoms with van der Waals surface area (Å²) in [6.07, 6.45) is -5.64. The van der Waals surface area contributed by atoms with Crippen LogP contribution in [0, 0.1) is 6.92 Å². The number of rotatable bonds is 5. The highest BCUT2D eigenvalue weighted by Gasteiger charge is 2.27. The van der Waals surface area contributed by atoms with Gasteiger partial charge < -0.3 is 5.11 Å². The maximum atomic E-state index is 12.0. The van der Waals surface area contributed by atoms with E-state index in [9.17, 15) is 21.6 Å². The van der Waals surface area contributed by atoms with Crippen molar-refractivity contribution in [2.75, 3.05) is 6.54 Å². The molecule has 1 aromatic carbocycles. The minimum absolute atomic E-state index is 0.124. The zero-order chi connectivity index (χ0) is 14.7. The van der Waals surface area contributed by atoms with Crippen molar-refractivity contribution in [2.45, 2.75) is 31.0 Å². The first kappa shape index (κ1) is 15.9. The first-order chi connectivity index (χ1) is 8.65. The van der Waals surface area contributed by atoms with Gasteiger partial charge in [-0.25, -0.2) is 13.1 Å². The van der Waals surface area contributed by atoms with Gasteiger partial charge in [0.05, 0.1) is 17.9 Å². The Balaban J connectivity index is 2.88. The molecule has 2 N–H and O–H groups in total. The normalized spacial score (nSPS) is 12.7. The zero-order valence-electron chi connectivity index (χ0n) is 10.2. The highest BCUT2D eigenvalue weighted by Crippen LogP contribution is 2.20. The molecule has 1 aromatic rings. The van der Waals surface area contributed by atoms with Crippen LogP contribution in [0.4, 0.5) is 13.2 Å². The minimum atomic E-state index is -4.41. The highest BCUT2D eigenvalue weighted by atomic mass is 32.2. The fraction of sp³-hybridized carbons (Fsp3) is 0.455. The topological polar surface area (TPSA) is 66.4 Å². The monoisotopic (exact) mass is 297 g/mol. The van der Waals surface area contributed by atoms with Crippen molar-refractivity contribution in [1.82, 2.24) is 4.72 Å². The van der Waals surface area contributed by atoms with Crippen molar-refractivity contribution >= 4 is 10.0 Å². The Morgan fingerprint density at radius 1 is 1.32 bits per heavy atom. The molecule has 4 nitrogen and oxygen atoms in total. The molecule has 0 heterocycles. The van der Waals surface area contributed by atoms with Crippen LogP contribution in [-0.4, -0.2) is 26.2 Å². The van der Waals surface area contributed by atoms with Gasteiger partial charge in [0, 0.05) is 6.54 Å². The fourth-order valence-corrected chi connectivity index (χ4v) is 2.76. The molecule has 0 atom stereocenters. The molecule has 1 rings (SSSR count). The molecule has 0 aliphatic heterocycles. The lowest BCUT2D eigenvalue weighted by Crippen LogP contribution is -2.28. The van der Waals surface area contributed by atoms with E-state index < -0.39 is 29.2 Å². The second kappa shape index (κ2) is 5.89. The number of hydrogen-bond acceptors (Lipinski definition) is 3. The number of aliphatic hydroxyl groups excluding tert-OH is 1. The van der Waals surface area contributed by atoms with Gasteiger partial charge in [0.25, 0.3) is 0 Å². The van der Waals surface area contributed by atoms with Crippen molar-refractivity contribution in [1.29, 1.82) is 0 Å². The first-order valence-electron chi connectivity index (χ1n) is 5.42. The van der Waals surface area contributed by atoms with Gasteiger partial charge in [-0.3, -0.25) is 0 Å². The van der Waals surface area contributed by atoms with Crippen molar-refractivity contribution in [3.63, 3.8) is 0 Å². The molecular formula is C11H14F3NO3S. The maximum absolute atomic E-state index is 12.0. The molecule has 0 aliphatic carbocycles. The lowest BCUT2D eigenvalue weighted by molar-refractivity contribution is -0.132. The molecule has 0 fully saturated rings. The van der Waals surface area contributed by atoms with Gasteiger partial charge in [0.1, 0.15) is 0 Å². The average molecular weight is 297 g/mol. The van der Waals surface area contributed by atoms with E-state index in [2.05, 4.69) is 0 Å². The van der Waals surface area contributed by atoms with Crippen LogP contribution in [0.1, 0.15) is 17.5 Å². The van der Waals surface area contributed by atoms with E-state index in [-0.39, 0.29) is 11.5 Å². The number of nitrogens with one attached hydrogen (secondary N) is 1. The van der Waals surface area contributed by atoms with E-state index in [4.69, 9.17) is 5.11 Å². The molecular weight excluding hydrogens is 283 g/mol. The molecule has 108 valence electrons. The summed E-state index contributed by atoms with van der Waals surface area (Å²) >= 11 is 0. The van der Waals surface area contributed by atoms with Crippen LogP contribution in [0.2, 0.25) is 0 Å². The summed E-state index contributed by atoms with van der Waals surface area (Å²) in [5, 5.41) is 8.94. The van der Waals surface area contributed by atoms with Crippen LogP contribution >= 0.6 is 0 Å². The predicted molar refractivity (Wildman–Crippen MR) is 63.0 cm³/mol. The summed E-state index contributed by atoms with van der Waals surface area (Å²) in [5.74, 6) is 0. The van der Waals surface area contributed by atoms with Crippen LogP contribution in [-0.2, 0) is 16.6 Å². The summed E-state index contributed by atoms with van der Waals surface area (Å²) in [6, 6.07) is 4.28. The highest BCUT2D eigenvalue weighted by molar-refractivity contribution is 7.89. The number of sulfonamides is 1. The van der Waals surface area contributed by atoms with E-state index in [0.717, 1.165) is 0 Å². The molecule has 0 spiro atoms. The number of aliphatic hydroxyl groups is 1. The van der Waals surface area contributed by atoms with Crippen molar-refractivity contribution in [3.8, 4) is 0 Å². The Hall–Kier alpha value is -1.12. The number of aryl methyl sites for hydroxylation is 1. The Labute approximate surface area is 109 Å². The molecule has 0 bridgehead atoms. The third-order valence-corrected chi connectivity index (χ3v) is 4.03. The summed E-state index contributed by atoms with van der Waals surface area (Å²) in [4.78, 5) is -0.124. The molecule has 8 heteroatoms. The predicted octanol–water partition coefficient (Wildman–Crippen LogP) is 1.72. The van der Waals surface area contributed by atoms with Gasteiger partial charge in [0.15, 0.2) is 0 Å². The molecule has 0 amide bonds. The molecule has 0 unspecified atom stereocenters. The third-order valence-electron chi connectivity index (χ3n) is 2.43. The van der Waals surface area contributed by atoms with Gasteiger partial charge in [-0.1, -0.05) is 12.1 Å². The summed E-state index contributed by atoms with van der Waals surface area (Å²) in [7, 11) is -4.01. The largest absolute Gasteiger partial charge is 0.392 e. The van der Waals surface area contributed by atoms with Gasteiger partial charge in [-0.05, 0) is 24.1 Å². The van der Waals surface area contributed by atoms with Crippen molar-refractivity contribution in [3.05, 3.63) is 29.3 Å². The van der Waals surface area contributed by atoms with Crippen LogP contribution in [0.15, 0.2) is 23.1 Å². The second-order valence-electron chi connectivity index (χ2n) is 4.02. The molecule has 19 heavy (non-hydrogen) atoms. The number of alkyl halides is 3. The van der Waals surface area contributed by atoms with Crippen LogP contribution < -0.4 is 4.72 Å².